The summed E-state index contributed by atoms with van der Waals surface area (Å²) in [6, 6.07) is 8.19. The Labute approximate surface area is 115 Å². The van der Waals surface area contributed by atoms with E-state index in [9.17, 15) is 0 Å². The maximum absolute atomic E-state index is 5.29. The van der Waals surface area contributed by atoms with E-state index in [1.54, 1.807) is 7.11 Å². The molecule has 0 atom stereocenters. The highest BCUT2D eigenvalue weighted by Crippen LogP contribution is 2.28. The predicted molar refractivity (Wildman–Crippen MR) is 81.0 cm³/mol. The molecule has 0 saturated carbocycles. The molecule has 0 radical (unpaired) electrons. The largest absolute Gasteiger partial charge is 0.497 e. The lowest BCUT2D eigenvalue weighted by Gasteiger charge is -2.12. The second-order valence-corrected chi connectivity index (χ2v) is 5.17. The molecule has 1 aromatic carbocycles. The molecule has 0 spiro atoms. The first-order chi connectivity index (χ1) is 9.13. The molecular weight excluding hydrogens is 236 g/mol. The highest BCUT2D eigenvalue weighted by Gasteiger charge is 2.08. The standard InChI is InChI=1S/C16H22N2O/c1-5-17-16-9-12(8-11(2)3)18-15-7-6-13(19-4)10-14(15)16/h6-7,9-11H,5,8H2,1-4H3,(H,17,18). The number of pyridine rings is 1. The summed E-state index contributed by atoms with van der Waals surface area (Å²) in [6.07, 6.45) is 1.00. The lowest BCUT2D eigenvalue weighted by atomic mass is 10.1. The molecule has 19 heavy (non-hydrogen) atoms. The van der Waals surface area contributed by atoms with Crippen LogP contribution in [0.3, 0.4) is 0 Å². The lowest BCUT2D eigenvalue weighted by Crippen LogP contribution is -2.03. The fourth-order valence-corrected chi connectivity index (χ4v) is 2.25. The van der Waals surface area contributed by atoms with Gasteiger partial charge in [-0.1, -0.05) is 13.8 Å². The van der Waals surface area contributed by atoms with Crippen LogP contribution in [-0.2, 0) is 6.42 Å². The summed E-state index contributed by atoms with van der Waals surface area (Å²) >= 11 is 0. The lowest BCUT2D eigenvalue weighted by molar-refractivity contribution is 0.415. The Kier molecular flexibility index (Phi) is 4.25. The number of rotatable bonds is 5. The number of nitrogens with zero attached hydrogens (tertiary/aromatic N) is 1. The van der Waals surface area contributed by atoms with E-state index in [2.05, 4.69) is 32.2 Å². The number of benzene rings is 1. The minimum Gasteiger partial charge on any atom is -0.497 e. The quantitative estimate of drug-likeness (QED) is 0.884. The van der Waals surface area contributed by atoms with Crippen LogP contribution in [0.15, 0.2) is 24.3 Å². The summed E-state index contributed by atoms with van der Waals surface area (Å²) in [5.41, 5.74) is 3.31. The molecule has 0 unspecified atom stereocenters. The Morgan fingerprint density at radius 1 is 1.26 bits per heavy atom. The third-order valence-corrected chi connectivity index (χ3v) is 3.05. The van der Waals surface area contributed by atoms with E-state index >= 15 is 0 Å². The molecule has 3 heteroatoms. The van der Waals surface area contributed by atoms with E-state index < -0.39 is 0 Å². The molecule has 102 valence electrons. The topological polar surface area (TPSA) is 34.2 Å². The van der Waals surface area contributed by atoms with Crippen molar-refractivity contribution in [1.29, 1.82) is 0 Å². The monoisotopic (exact) mass is 258 g/mol. The Morgan fingerprint density at radius 3 is 2.68 bits per heavy atom. The zero-order chi connectivity index (χ0) is 13.8. The minimum atomic E-state index is 0.609. The number of hydrogen-bond acceptors (Lipinski definition) is 3. The van der Waals surface area contributed by atoms with Gasteiger partial charge >= 0.3 is 0 Å². The molecule has 0 bridgehead atoms. The van der Waals surface area contributed by atoms with Gasteiger partial charge in [-0.2, -0.15) is 0 Å². The van der Waals surface area contributed by atoms with Gasteiger partial charge in [0.1, 0.15) is 5.75 Å². The zero-order valence-electron chi connectivity index (χ0n) is 12.2. The van der Waals surface area contributed by atoms with Crippen LogP contribution >= 0.6 is 0 Å². The van der Waals surface area contributed by atoms with Crippen molar-refractivity contribution in [1.82, 2.24) is 4.98 Å². The van der Waals surface area contributed by atoms with Gasteiger partial charge in [0.2, 0.25) is 0 Å². The average molecular weight is 258 g/mol. The van der Waals surface area contributed by atoms with Crippen molar-refractivity contribution in [2.24, 2.45) is 5.92 Å². The summed E-state index contributed by atoms with van der Waals surface area (Å²) in [4.78, 5) is 4.74. The Hall–Kier alpha value is -1.77. The summed E-state index contributed by atoms with van der Waals surface area (Å²) in [5.74, 6) is 1.47. The fourth-order valence-electron chi connectivity index (χ4n) is 2.25. The molecule has 0 amide bonds. The van der Waals surface area contributed by atoms with E-state index in [-0.39, 0.29) is 0 Å². The Balaban J connectivity index is 2.54. The molecule has 2 rings (SSSR count). The fraction of sp³-hybridized carbons (Fsp3) is 0.438. The van der Waals surface area contributed by atoms with Crippen molar-refractivity contribution < 1.29 is 4.74 Å². The molecule has 0 fully saturated rings. The number of fused-ring (bicyclic) bond motifs is 1. The Morgan fingerprint density at radius 2 is 2.05 bits per heavy atom. The second kappa shape index (κ2) is 5.91. The molecule has 0 saturated heterocycles. The Bertz CT molecular complexity index is 564. The van der Waals surface area contributed by atoms with Gasteiger partial charge in [-0.25, -0.2) is 0 Å². The van der Waals surface area contributed by atoms with Crippen molar-refractivity contribution in [2.45, 2.75) is 27.2 Å². The van der Waals surface area contributed by atoms with Gasteiger partial charge in [-0.3, -0.25) is 4.98 Å². The first-order valence-corrected chi connectivity index (χ1v) is 6.85. The van der Waals surface area contributed by atoms with E-state index in [1.165, 1.54) is 0 Å². The van der Waals surface area contributed by atoms with Gasteiger partial charge in [-0.05, 0) is 43.5 Å². The van der Waals surface area contributed by atoms with Gasteiger partial charge in [0.05, 0.1) is 12.6 Å². The first kappa shape index (κ1) is 13.7. The third kappa shape index (κ3) is 3.16. The van der Waals surface area contributed by atoms with Crippen molar-refractivity contribution in [3.63, 3.8) is 0 Å². The smallest absolute Gasteiger partial charge is 0.119 e. The number of nitrogens with one attached hydrogen (secondary N) is 1. The first-order valence-electron chi connectivity index (χ1n) is 6.85. The van der Waals surface area contributed by atoms with Crippen molar-refractivity contribution in [3.8, 4) is 5.75 Å². The summed E-state index contributed by atoms with van der Waals surface area (Å²) in [7, 11) is 1.69. The summed E-state index contributed by atoms with van der Waals surface area (Å²) in [6.45, 7) is 7.44. The van der Waals surface area contributed by atoms with Crippen LogP contribution in [-0.4, -0.2) is 18.6 Å². The van der Waals surface area contributed by atoms with Crippen LogP contribution < -0.4 is 10.1 Å². The predicted octanol–water partition coefficient (Wildman–Crippen LogP) is 3.87. The number of ether oxygens (including phenoxy) is 1. The second-order valence-electron chi connectivity index (χ2n) is 5.17. The number of hydrogen-bond donors (Lipinski definition) is 1. The van der Waals surface area contributed by atoms with Gasteiger partial charge in [0, 0.05) is 23.3 Å². The van der Waals surface area contributed by atoms with E-state index in [1.807, 2.05) is 18.2 Å². The van der Waals surface area contributed by atoms with Crippen LogP contribution in [0.5, 0.6) is 5.75 Å². The highest BCUT2D eigenvalue weighted by molar-refractivity contribution is 5.92. The van der Waals surface area contributed by atoms with Gasteiger partial charge < -0.3 is 10.1 Å². The normalized spacial score (nSPS) is 11.0. The van der Waals surface area contributed by atoms with Crippen LogP contribution in [0, 0.1) is 5.92 Å². The van der Waals surface area contributed by atoms with Crippen LogP contribution in [0.1, 0.15) is 26.5 Å². The number of anilines is 1. The van der Waals surface area contributed by atoms with Gasteiger partial charge in [0.15, 0.2) is 0 Å². The zero-order valence-corrected chi connectivity index (χ0v) is 12.2. The minimum absolute atomic E-state index is 0.609. The molecular formula is C16H22N2O. The van der Waals surface area contributed by atoms with Crippen molar-refractivity contribution in [3.05, 3.63) is 30.0 Å². The molecule has 3 nitrogen and oxygen atoms in total. The van der Waals surface area contributed by atoms with E-state index in [0.717, 1.165) is 41.0 Å². The van der Waals surface area contributed by atoms with Crippen LogP contribution in [0.4, 0.5) is 5.69 Å². The maximum atomic E-state index is 5.29. The molecule has 0 aliphatic rings. The molecule has 0 aliphatic heterocycles. The molecule has 2 aromatic rings. The van der Waals surface area contributed by atoms with E-state index in [4.69, 9.17) is 9.72 Å². The summed E-state index contributed by atoms with van der Waals surface area (Å²) in [5, 5.41) is 4.54. The van der Waals surface area contributed by atoms with E-state index in [0.29, 0.717) is 5.92 Å². The van der Waals surface area contributed by atoms with Crippen LogP contribution in [0.25, 0.3) is 10.9 Å². The maximum Gasteiger partial charge on any atom is 0.119 e. The van der Waals surface area contributed by atoms with Gasteiger partial charge in [-0.15, -0.1) is 0 Å². The summed E-state index contributed by atoms with van der Waals surface area (Å²) < 4.78 is 5.29. The number of methoxy groups -OCH3 is 1. The molecule has 1 aromatic heterocycles. The third-order valence-electron chi connectivity index (χ3n) is 3.05. The number of aromatic nitrogens is 1. The van der Waals surface area contributed by atoms with Gasteiger partial charge in [0.25, 0.3) is 0 Å². The molecule has 0 aliphatic carbocycles. The molecule has 1 heterocycles. The van der Waals surface area contributed by atoms with Crippen molar-refractivity contribution in [2.75, 3.05) is 19.0 Å². The SMILES string of the molecule is CCNc1cc(CC(C)C)nc2ccc(OC)cc12. The molecule has 1 N–H and O–H groups in total. The average Bonchev–Trinajstić information content (AvgIpc) is 2.38. The van der Waals surface area contributed by atoms with Crippen molar-refractivity contribution >= 4 is 16.6 Å². The van der Waals surface area contributed by atoms with Crippen LogP contribution in [0.2, 0.25) is 0 Å². The highest BCUT2D eigenvalue weighted by atomic mass is 16.5.